The SMILES string of the molecule is CN(C)CCOc1ccccc1-c1csc(NC(=O)c2ccc(F)cc2)n1. The molecule has 5 nitrogen and oxygen atoms in total. The zero-order chi connectivity index (χ0) is 19.2. The zero-order valence-corrected chi connectivity index (χ0v) is 15.9. The van der Waals surface area contributed by atoms with E-state index in [2.05, 4.69) is 15.2 Å². The summed E-state index contributed by atoms with van der Waals surface area (Å²) in [5, 5.41) is 5.09. The van der Waals surface area contributed by atoms with Crippen molar-refractivity contribution in [3.8, 4) is 17.0 Å². The third-order valence-electron chi connectivity index (χ3n) is 3.79. The molecule has 1 amide bonds. The molecule has 1 N–H and O–H groups in total. The van der Waals surface area contributed by atoms with E-state index in [1.165, 1.54) is 35.6 Å². The normalized spacial score (nSPS) is 10.8. The van der Waals surface area contributed by atoms with Gasteiger partial charge in [-0.05, 0) is 50.5 Å². The predicted octanol–water partition coefficient (Wildman–Crippen LogP) is 4.14. The molecule has 3 aromatic rings. The molecule has 0 spiro atoms. The van der Waals surface area contributed by atoms with Crippen molar-refractivity contribution in [2.45, 2.75) is 0 Å². The molecule has 1 heterocycles. The Kier molecular flexibility index (Phi) is 6.16. The Labute approximate surface area is 161 Å². The first-order valence-electron chi connectivity index (χ1n) is 8.42. The molecule has 7 heteroatoms. The van der Waals surface area contributed by atoms with Gasteiger partial charge < -0.3 is 9.64 Å². The van der Waals surface area contributed by atoms with Gasteiger partial charge in [-0.15, -0.1) is 11.3 Å². The van der Waals surface area contributed by atoms with Crippen LogP contribution in [0.1, 0.15) is 10.4 Å². The second-order valence-corrected chi connectivity index (χ2v) is 7.00. The Bertz CT molecular complexity index is 910. The van der Waals surface area contributed by atoms with Crippen molar-refractivity contribution in [2.24, 2.45) is 0 Å². The number of benzene rings is 2. The van der Waals surface area contributed by atoms with Crippen LogP contribution in [0.3, 0.4) is 0 Å². The number of halogens is 1. The van der Waals surface area contributed by atoms with E-state index in [-0.39, 0.29) is 11.7 Å². The van der Waals surface area contributed by atoms with Gasteiger partial charge in [-0.2, -0.15) is 0 Å². The number of nitrogens with one attached hydrogen (secondary N) is 1. The Morgan fingerprint density at radius 3 is 2.67 bits per heavy atom. The molecular formula is C20H20FN3O2S. The van der Waals surface area contributed by atoms with E-state index in [0.29, 0.717) is 17.3 Å². The quantitative estimate of drug-likeness (QED) is 0.664. The number of para-hydroxylation sites is 1. The van der Waals surface area contributed by atoms with Crippen molar-refractivity contribution in [1.82, 2.24) is 9.88 Å². The molecule has 140 valence electrons. The summed E-state index contributed by atoms with van der Waals surface area (Å²) in [5.74, 6) is 0.0430. The lowest BCUT2D eigenvalue weighted by atomic mass is 10.1. The molecule has 0 saturated carbocycles. The molecule has 1 aromatic heterocycles. The maximum absolute atomic E-state index is 13.0. The van der Waals surface area contributed by atoms with E-state index in [1.54, 1.807) is 0 Å². The highest BCUT2D eigenvalue weighted by Gasteiger charge is 2.13. The maximum atomic E-state index is 13.0. The van der Waals surface area contributed by atoms with E-state index < -0.39 is 0 Å². The van der Waals surface area contributed by atoms with Crippen LogP contribution in [-0.2, 0) is 0 Å². The van der Waals surface area contributed by atoms with Crippen LogP contribution in [0.4, 0.5) is 9.52 Å². The zero-order valence-electron chi connectivity index (χ0n) is 15.1. The molecule has 0 aliphatic heterocycles. The molecule has 0 aliphatic rings. The lowest BCUT2D eigenvalue weighted by Gasteiger charge is -2.13. The number of ether oxygens (including phenoxy) is 1. The van der Waals surface area contributed by atoms with E-state index in [1.807, 2.05) is 43.7 Å². The van der Waals surface area contributed by atoms with Gasteiger partial charge in [0.2, 0.25) is 0 Å². The molecule has 2 aromatic carbocycles. The minimum Gasteiger partial charge on any atom is -0.492 e. The van der Waals surface area contributed by atoms with Crippen LogP contribution in [0.25, 0.3) is 11.3 Å². The number of likely N-dealkylation sites (N-methyl/N-ethyl adjacent to an activating group) is 1. The maximum Gasteiger partial charge on any atom is 0.257 e. The minimum atomic E-state index is -0.381. The number of carbonyl (C=O) groups is 1. The van der Waals surface area contributed by atoms with E-state index in [0.717, 1.165) is 23.6 Å². The number of thiazole rings is 1. The van der Waals surface area contributed by atoms with Gasteiger partial charge in [0, 0.05) is 23.1 Å². The molecule has 0 atom stereocenters. The summed E-state index contributed by atoms with van der Waals surface area (Å²) in [6.45, 7) is 1.38. The highest BCUT2D eigenvalue weighted by molar-refractivity contribution is 7.14. The fourth-order valence-electron chi connectivity index (χ4n) is 2.37. The van der Waals surface area contributed by atoms with Crippen LogP contribution < -0.4 is 10.1 Å². The van der Waals surface area contributed by atoms with E-state index in [9.17, 15) is 9.18 Å². The summed E-state index contributed by atoms with van der Waals surface area (Å²) >= 11 is 1.33. The first kappa shape index (κ1) is 19.0. The van der Waals surface area contributed by atoms with Crippen molar-refractivity contribution in [1.29, 1.82) is 0 Å². The van der Waals surface area contributed by atoms with Crippen LogP contribution >= 0.6 is 11.3 Å². The van der Waals surface area contributed by atoms with E-state index in [4.69, 9.17) is 4.74 Å². The average molecular weight is 385 g/mol. The number of aromatic nitrogens is 1. The third-order valence-corrected chi connectivity index (χ3v) is 4.55. The molecule has 3 rings (SSSR count). The smallest absolute Gasteiger partial charge is 0.257 e. The Hall–Kier alpha value is -2.77. The van der Waals surface area contributed by atoms with Crippen LogP contribution in [0.5, 0.6) is 5.75 Å². The molecule has 0 fully saturated rings. The number of anilines is 1. The Morgan fingerprint density at radius 1 is 1.19 bits per heavy atom. The van der Waals surface area contributed by atoms with Gasteiger partial charge in [-0.3, -0.25) is 10.1 Å². The number of hydrogen-bond acceptors (Lipinski definition) is 5. The summed E-state index contributed by atoms with van der Waals surface area (Å²) < 4.78 is 18.9. The summed E-state index contributed by atoms with van der Waals surface area (Å²) in [7, 11) is 3.98. The fraction of sp³-hybridized carbons (Fsp3) is 0.200. The predicted molar refractivity (Wildman–Crippen MR) is 106 cm³/mol. The molecule has 0 saturated heterocycles. The lowest BCUT2D eigenvalue weighted by molar-refractivity contribution is 0.102. The van der Waals surface area contributed by atoms with Gasteiger partial charge in [-0.1, -0.05) is 12.1 Å². The second kappa shape index (κ2) is 8.75. The summed E-state index contributed by atoms with van der Waals surface area (Å²) in [6.07, 6.45) is 0. The summed E-state index contributed by atoms with van der Waals surface area (Å²) in [4.78, 5) is 18.8. The fourth-order valence-corrected chi connectivity index (χ4v) is 3.07. The van der Waals surface area contributed by atoms with Gasteiger partial charge >= 0.3 is 0 Å². The Morgan fingerprint density at radius 2 is 1.93 bits per heavy atom. The summed E-state index contributed by atoms with van der Waals surface area (Å²) in [6, 6.07) is 13.1. The minimum absolute atomic E-state index is 0.327. The standard InChI is InChI=1S/C20H20FN3O2S/c1-24(2)11-12-26-18-6-4-3-5-16(18)17-13-27-20(22-17)23-19(25)14-7-9-15(21)10-8-14/h3-10,13H,11-12H2,1-2H3,(H,22,23,25). The van der Waals surface area contributed by atoms with Crippen LogP contribution in [0.2, 0.25) is 0 Å². The highest BCUT2D eigenvalue weighted by atomic mass is 32.1. The molecule has 0 radical (unpaired) electrons. The molecule has 0 unspecified atom stereocenters. The number of nitrogens with zero attached hydrogens (tertiary/aromatic N) is 2. The van der Waals surface area contributed by atoms with Crippen molar-refractivity contribution >= 4 is 22.4 Å². The van der Waals surface area contributed by atoms with Gasteiger partial charge in [0.25, 0.3) is 5.91 Å². The van der Waals surface area contributed by atoms with Gasteiger partial charge in [0.15, 0.2) is 5.13 Å². The van der Waals surface area contributed by atoms with Crippen LogP contribution in [0, 0.1) is 5.82 Å². The van der Waals surface area contributed by atoms with Crippen molar-refractivity contribution in [3.05, 3.63) is 65.3 Å². The van der Waals surface area contributed by atoms with Crippen molar-refractivity contribution in [3.63, 3.8) is 0 Å². The van der Waals surface area contributed by atoms with E-state index >= 15 is 0 Å². The van der Waals surface area contributed by atoms with Crippen molar-refractivity contribution in [2.75, 3.05) is 32.6 Å². The topological polar surface area (TPSA) is 54.5 Å². The largest absolute Gasteiger partial charge is 0.492 e. The highest BCUT2D eigenvalue weighted by Crippen LogP contribution is 2.32. The van der Waals surface area contributed by atoms with Crippen LogP contribution in [0.15, 0.2) is 53.9 Å². The number of hydrogen-bond donors (Lipinski definition) is 1. The van der Waals surface area contributed by atoms with Gasteiger partial charge in [-0.25, -0.2) is 9.37 Å². The van der Waals surface area contributed by atoms with Gasteiger partial charge in [0.1, 0.15) is 18.2 Å². The third kappa shape index (κ3) is 5.12. The number of amides is 1. The monoisotopic (exact) mass is 385 g/mol. The number of rotatable bonds is 7. The van der Waals surface area contributed by atoms with Crippen LogP contribution in [-0.4, -0.2) is 43.0 Å². The lowest BCUT2D eigenvalue weighted by Crippen LogP contribution is -2.19. The number of carbonyl (C=O) groups excluding carboxylic acids is 1. The van der Waals surface area contributed by atoms with Gasteiger partial charge in [0.05, 0.1) is 5.69 Å². The molecular weight excluding hydrogens is 365 g/mol. The Balaban J connectivity index is 1.72. The summed E-state index contributed by atoms with van der Waals surface area (Å²) in [5.41, 5.74) is 1.98. The molecule has 27 heavy (non-hydrogen) atoms. The first-order chi connectivity index (χ1) is 13.0. The van der Waals surface area contributed by atoms with Crippen molar-refractivity contribution < 1.29 is 13.9 Å². The molecule has 0 aliphatic carbocycles. The molecule has 0 bridgehead atoms. The first-order valence-corrected chi connectivity index (χ1v) is 9.30. The second-order valence-electron chi connectivity index (χ2n) is 6.15. The average Bonchev–Trinajstić information content (AvgIpc) is 3.10.